The highest BCUT2D eigenvalue weighted by Gasteiger charge is 2.12. The van der Waals surface area contributed by atoms with E-state index in [4.69, 9.17) is 9.47 Å². The molecule has 0 radical (unpaired) electrons. The molecule has 2 aromatic rings. The zero-order valence-corrected chi connectivity index (χ0v) is 15.0. The van der Waals surface area contributed by atoms with Crippen molar-refractivity contribution in [2.45, 2.75) is 26.4 Å². The van der Waals surface area contributed by atoms with Crippen LogP contribution < -0.4 is 14.8 Å². The summed E-state index contributed by atoms with van der Waals surface area (Å²) >= 11 is 0. The molecule has 4 heteroatoms. The highest BCUT2D eigenvalue weighted by Crippen LogP contribution is 2.28. The van der Waals surface area contributed by atoms with E-state index in [0.717, 1.165) is 16.9 Å². The van der Waals surface area contributed by atoms with Crippen molar-refractivity contribution in [1.82, 2.24) is 5.32 Å². The Balaban J connectivity index is 2.20. The number of benzene rings is 2. The van der Waals surface area contributed by atoms with Gasteiger partial charge in [0.05, 0.1) is 7.11 Å². The van der Waals surface area contributed by atoms with Gasteiger partial charge in [-0.25, -0.2) is 0 Å². The van der Waals surface area contributed by atoms with Crippen LogP contribution in [0.25, 0.3) is 0 Å². The van der Waals surface area contributed by atoms with Crippen LogP contribution in [0.5, 0.6) is 11.5 Å². The Morgan fingerprint density at radius 3 is 2.64 bits per heavy atom. The molecular weight excluding hydrogens is 314 g/mol. The number of hydrogen-bond acceptors (Lipinski definition) is 3. The summed E-state index contributed by atoms with van der Waals surface area (Å²) in [6.07, 6.45) is 1.65. The lowest BCUT2D eigenvalue weighted by Gasteiger charge is -2.16. The minimum Gasteiger partial charge on any atom is -0.496 e. The fraction of sp³-hybridized carbons (Fsp3) is 0.286. The zero-order valence-electron chi connectivity index (χ0n) is 15.0. The fourth-order valence-corrected chi connectivity index (χ4v) is 2.54. The summed E-state index contributed by atoms with van der Waals surface area (Å²) in [5.74, 6) is 1.77. The van der Waals surface area contributed by atoms with E-state index >= 15 is 0 Å². The number of carbonyl (C=O) groups excluding carboxylic acids is 1. The Labute approximate surface area is 149 Å². The van der Waals surface area contributed by atoms with Crippen molar-refractivity contribution in [3.05, 3.63) is 71.8 Å². The summed E-state index contributed by atoms with van der Waals surface area (Å²) in [5.41, 5.74) is 2.55. The van der Waals surface area contributed by atoms with Gasteiger partial charge in [-0.2, -0.15) is 0 Å². The van der Waals surface area contributed by atoms with E-state index in [1.807, 2.05) is 18.2 Å². The molecular formula is C21H25NO3. The van der Waals surface area contributed by atoms with Crippen LogP contribution in [0.1, 0.15) is 41.3 Å². The molecule has 0 unspecified atom stereocenters. The first kappa shape index (κ1) is 18.6. The van der Waals surface area contributed by atoms with Crippen molar-refractivity contribution in [2.24, 2.45) is 0 Å². The van der Waals surface area contributed by atoms with Gasteiger partial charge in [-0.3, -0.25) is 4.79 Å². The van der Waals surface area contributed by atoms with E-state index < -0.39 is 0 Å². The van der Waals surface area contributed by atoms with Gasteiger partial charge in [-0.05, 0) is 35.7 Å². The van der Waals surface area contributed by atoms with E-state index in [9.17, 15) is 4.79 Å². The average molecular weight is 339 g/mol. The molecule has 0 aliphatic rings. The molecule has 0 bridgehead atoms. The number of amides is 1. The molecule has 25 heavy (non-hydrogen) atoms. The van der Waals surface area contributed by atoms with Crippen LogP contribution in [0.2, 0.25) is 0 Å². The summed E-state index contributed by atoms with van der Waals surface area (Å²) < 4.78 is 11.4. The van der Waals surface area contributed by atoms with E-state index in [2.05, 4.69) is 31.8 Å². The Kier molecular flexibility index (Phi) is 6.63. The van der Waals surface area contributed by atoms with Gasteiger partial charge in [-0.1, -0.05) is 38.1 Å². The van der Waals surface area contributed by atoms with Crippen molar-refractivity contribution in [3.63, 3.8) is 0 Å². The molecule has 4 nitrogen and oxygen atoms in total. The highest BCUT2D eigenvalue weighted by molar-refractivity contribution is 5.94. The molecule has 2 rings (SSSR count). The molecule has 0 fully saturated rings. The SMILES string of the molecule is C=CCNC(=O)c1ccc(OC)c(COc2ccccc2C(C)C)c1. The lowest BCUT2D eigenvalue weighted by molar-refractivity contribution is 0.0958. The second-order valence-electron chi connectivity index (χ2n) is 6.01. The van der Waals surface area contributed by atoms with Gasteiger partial charge in [0.2, 0.25) is 0 Å². The number of ether oxygens (including phenoxy) is 2. The molecule has 0 aliphatic heterocycles. The summed E-state index contributed by atoms with van der Waals surface area (Å²) in [5, 5.41) is 2.77. The molecule has 0 saturated carbocycles. The topological polar surface area (TPSA) is 47.6 Å². The second kappa shape index (κ2) is 8.92. The van der Waals surface area contributed by atoms with Crippen molar-refractivity contribution < 1.29 is 14.3 Å². The molecule has 1 N–H and O–H groups in total. The van der Waals surface area contributed by atoms with Gasteiger partial charge in [-0.15, -0.1) is 6.58 Å². The lowest BCUT2D eigenvalue weighted by atomic mass is 10.0. The summed E-state index contributed by atoms with van der Waals surface area (Å²) in [6, 6.07) is 13.3. The van der Waals surface area contributed by atoms with E-state index in [0.29, 0.717) is 30.4 Å². The van der Waals surface area contributed by atoms with E-state index in [1.54, 1.807) is 31.4 Å². The molecule has 0 atom stereocenters. The van der Waals surface area contributed by atoms with Crippen LogP contribution in [-0.2, 0) is 6.61 Å². The Hall–Kier alpha value is -2.75. The smallest absolute Gasteiger partial charge is 0.251 e. The van der Waals surface area contributed by atoms with Crippen molar-refractivity contribution in [1.29, 1.82) is 0 Å². The van der Waals surface area contributed by atoms with Crippen LogP contribution in [0.4, 0.5) is 0 Å². The summed E-state index contributed by atoms with van der Waals surface area (Å²) in [7, 11) is 1.61. The highest BCUT2D eigenvalue weighted by atomic mass is 16.5. The number of carbonyl (C=O) groups is 1. The molecule has 1 amide bonds. The normalized spacial score (nSPS) is 10.4. The maximum atomic E-state index is 12.1. The van der Waals surface area contributed by atoms with Crippen LogP contribution in [0.15, 0.2) is 55.1 Å². The molecule has 0 spiro atoms. The molecule has 0 heterocycles. The number of para-hydroxylation sites is 1. The van der Waals surface area contributed by atoms with Crippen molar-refractivity contribution >= 4 is 5.91 Å². The molecule has 0 aromatic heterocycles. The Morgan fingerprint density at radius 1 is 1.20 bits per heavy atom. The van der Waals surface area contributed by atoms with Crippen LogP contribution in [0, 0.1) is 0 Å². The van der Waals surface area contributed by atoms with Gasteiger partial charge < -0.3 is 14.8 Å². The maximum absolute atomic E-state index is 12.1. The van der Waals surface area contributed by atoms with Crippen LogP contribution >= 0.6 is 0 Å². The predicted molar refractivity (Wildman–Crippen MR) is 100 cm³/mol. The van der Waals surface area contributed by atoms with Gasteiger partial charge in [0.15, 0.2) is 0 Å². The standard InChI is InChI=1S/C21H25NO3/c1-5-12-22-21(23)16-10-11-19(24-4)17(13-16)14-25-20-9-7-6-8-18(20)15(2)3/h5-11,13,15H,1,12,14H2,2-4H3,(H,22,23). The van der Waals surface area contributed by atoms with E-state index in [-0.39, 0.29) is 5.91 Å². The number of methoxy groups -OCH3 is 1. The Morgan fingerprint density at radius 2 is 1.96 bits per heavy atom. The summed E-state index contributed by atoms with van der Waals surface area (Å²) in [4.78, 5) is 12.1. The van der Waals surface area contributed by atoms with Crippen molar-refractivity contribution in [3.8, 4) is 11.5 Å². The van der Waals surface area contributed by atoms with Crippen LogP contribution in [0.3, 0.4) is 0 Å². The fourth-order valence-electron chi connectivity index (χ4n) is 2.54. The largest absolute Gasteiger partial charge is 0.496 e. The third-order valence-electron chi connectivity index (χ3n) is 3.87. The van der Waals surface area contributed by atoms with Gasteiger partial charge in [0.1, 0.15) is 18.1 Å². The number of rotatable bonds is 8. The third kappa shape index (κ3) is 4.86. The predicted octanol–water partition coefficient (Wildman–Crippen LogP) is 4.31. The second-order valence-corrected chi connectivity index (χ2v) is 6.01. The lowest BCUT2D eigenvalue weighted by Crippen LogP contribution is -2.23. The van der Waals surface area contributed by atoms with Gasteiger partial charge in [0.25, 0.3) is 5.91 Å². The molecule has 132 valence electrons. The minimum atomic E-state index is -0.147. The van der Waals surface area contributed by atoms with E-state index in [1.165, 1.54) is 0 Å². The van der Waals surface area contributed by atoms with Gasteiger partial charge in [0, 0.05) is 17.7 Å². The Bertz CT molecular complexity index is 738. The summed E-state index contributed by atoms with van der Waals surface area (Å²) in [6.45, 7) is 8.62. The first-order chi connectivity index (χ1) is 12.1. The van der Waals surface area contributed by atoms with Gasteiger partial charge >= 0.3 is 0 Å². The first-order valence-corrected chi connectivity index (χ1v) is 8.34. The quantitative estimate of drug-likeness (QED) is 0.729. The number of hydrogen-bond donors (Lipinski definition) is 1. The number of nitrogens with one attached hydrogen (secondary N) is 1. The monoisotopic (exact) mass is 339 g/mol. The third-order valence-corrected chi connectivity index (χ3v) is 3.87. The maximum Gasteiger partial charge on any atom is 0.251 e. The molecule has 0 aliphatic carbocycles. The molecule has 0 saturated heterocycles. The first-order valence-electron chi connectivity index (χ1n) is 8.34. The minimum absolute atomic E-state index is 0.147. The van der Waals surface area contributed by atoms with Crippen molar-refractivity contribution in [2.75, 3.05) is 13.7 Å². The zero-order chi connectivity index (χ0) is 18.2. The molecule has 2 aromatic carbocycles. The van der Waals surface area contributed by atoms with Crippen LogP contribution in [-0.4, -0.2) is 19.6 Å². The average Bonchev–Trinajstić information content (AvgIpc) is 2.64.